The lowest BCUT2D eigenvalue weighted by Gasteiger charge is -2.31. The third-order valence-corrected chi connectivity index (χ3v) is 4.80. The summed E-state index contributed by atoms with van der Waals surface area (Å²) in [7, 11) is 0. The normalized spacial score (nSPS) is 18.6. The van der Waals surface area contributed by atoms with E-state index in [9.17, 15) is 4.39 Å². The Bertz CT molecular complexity index is 410. The van der Waals surface area contributed by atoms with Crippen molar-refractivity contribution in [2.24, 2.45) is 5.73 Å². The van der Waals surface area contributed by atoms with Crippen molar-refractivity contribution < 1.29 is 4.39 Å². The predicted molar refractivity (Wildman–Crippen MR) is 72.8 cm³/mol. The van der Waals surface area contributed by atoms with Crippen LogP contribution in [0.3, 0.4) is 0 Å². The highest BCUT2D eigenvalue weighted by atomic mass is 79.9. The summed E-state index contributed by atoms with van der Waals surface area (Å²) >= 11 is 3.32. The number of hydrogen-bond acceptors (Lipinski definition) is 1. The zero-order valence-corrected chi connectivity index (χ0v) is 12.0. The lowest BCUT2D eigenvalue weighted by Crippen LogP contribution is -2.34. The SMILES string of the molecule is Cc1cc(Br)c(F)c(C2(CN)CCCC2)c1C. The van der Waals surface area contributed by atoms with Crippen LogP contribution >= 0.6 is 15.9 Å². The minimum absolute atomic E-state index is 0.111. The fourth-order valence-corrected chi connectivity index (χ4v) is 3.62. The van der Waals surface area contributed by atoms with Gasteiger partial charge in [-0.3, -0.25) is 0 Å². The smallest absolute Gasteiger partial charge is 0.141 e. The molecule has 2 rings (SSSR count). The van der Waals surface area contributed by atoms with Gasteiger partial charge in [-0.1, -0.05) is 12.8 Å². The maximum Gasteiger partial charge on any atom is 0.141 e. The van der Waals surface area contributed by atoms with Crippen molar-refractivity contribution in [3.8, 4) is 0 Å². The Balaban J connectivity index is 2.65. The summed E-state index contributed by atoms with van der Waals surface area (Å²) < 4.78 is 15.0. The number of halogens is 2. The Hall–Kier alpha value is -0.410. The minimum atomic E-state index is -0.136. The zero-order valence-electron chi connectivity index (χ0n) is 10.4. The minimum Gasteiger partial charge on any atom is -0.330 e. The molecule has 0 bridgehead atoms. The Morgan fingerprint density at radius 2 is 1.94 bits per heavy atom. The fourth-order valence-electron chi connectivity index (χ4n) is 3.08. The standard InChI is InChI=1S/C14H19BrFN/c1-9-7-11(15)13(16)12(10(9)2)14(8-17)5-3-4-6-14/h7H,3-6,8,17H2,1-2H3. The van der Waals surface area contributed by atoms with E-state index in [1.807, 2.05) is 19.9 Å². The third kappa shape index (κ3) is 2.04. The van der Waals surface area contributed by atoms with Crippen molar-refractivity contribution in [1.29, 1.82) is 0 Å². The molecule has 1 aliphatic rings. The third-order valence-electron chi connectivity index (χ3n) is 4.22. The molecule has 0 atom stereocenters. The van der Waals surface area contributed by atoms with E-state index < -0.39 is 0 Å². The molecule has 1 nitrogen and oxygen atoms in total. The van der Waals surface area contributed by atoms with E-state index >= 15 is 0 Å². The van der Waals surface area contributed by atoms with Crippen LogP contribution in [-0.4, -0.2) is 6.54 Å². The van der Waals surface area contributed by atoms with Crippen molar-refractivity contribution in [2.75, 3.05) is 6.54 Å². The monoisotopic (exact) mass is 299 g/mol. The van der Waals surface area contributed by atoms with Crippen LogP contribution in [0.5, 0.6) is 0 Å². The van der Waals surface area contributed by atoms with Gasteiger partial charge in [0.25, 0.3) is 0 Å². The molecular formula is C14H19BrFN. The van der Waals surface area contributed by atoms with Gasteiger partial charge < -0.3 is 5.73 Å². The van der Waals surface area contributed by atoms with E-state index in [2.05, 4.69) is 15.9 Å². The predicted octanol–water partition coefficient (Wildman–Crippen LogP) is 3.98. The summed E-state index contributed by atoms with van der Waals surface area (Å²) in [6, 6.07) is 1.85. The van der Waals surface area contributed by atoms with Crippen molar-refractivity contribution in [2.45, 2.75) is 44.9 Å². The van der Waals surface area contributed by atoms with E-state index in [1.54, 1.807) is 0 Å². The van der Waals surface area contributed by atoms with Crippen LogP contribution in [0.2, 0.25) is 0 Å². The van der Waals surface area contributed by atoms with Gasteiger partial charge in [0.2, 0.25) is 0 Å². The van der Waals surface area contributed by atoms with Gasteiger partial charge in [-0.25, -0.2) is 4.39 Å². The number of aryl methyl sites for hydroxylation is 1. The van der Waals surface area contributed by atoms with Crippen LogP contribution in [0.25, 0.3) is 0 Å². The number of hydrogen-bond donors (Lipinski definition) is 1. The molecule has 1 aromatic carbocycles. The first kappa shape index (κ1) is 13.0. The molecule has 1 aliphatic carbocycles. The molecule has 3 heteroatoms. The zero-order chi connectivity index (χ0) is 12.6. The molecule has 0 radical (unpaired) electrons. The van der Waals surface area contributed by atoms with Crippen molar-refractivity contribution in [3.63, 3.8) is 0 Å². The van der Waals surface area contributed by atoms with Crippen molar-refractivity contribution in [3.05, 3.63) is 33.0 Å². The molecule has 1 aromatic rings. The van der Waals surface area contributed by atoms with Crippen LogP contribution in [0.4, 0.5) is 4.39 Å². The van der Waals surface area contributed by atoms with Gasteiger partial charge in [-0.05, 0) is 65.4 Å². The Labute approximate surface area is 111 Å². The average Bonchev–Trinajstić information content (AvgIpc) is 2.77. The molecule has 17 heavy (non-hydrogen) atoms. The molecule has 0 amide bonds. The molecule has 94 valence electrons. The highest BCUT2D eigenvalue weighted by Crippen LogP contribution is 2.44. The lowest BCUT2D eigenvalue weighted by molar-refractivity contribution is 0.422. The molecular weight excluding hydrogens is 281 g/mol. The summed E-state index contributed by atoms with van der Waals surface area (Å²) in [5, 5.41) is 0. The van der Waals surface area contributed by atoms with Crippen LogP contribution in [0.15, 0.2) is 10.5 Å². The second-order valence-electron chi connectivity index (χ2n) is 5.18. The van der Waals surface area contributed by atoms with Gasteiger partial charge in [-0.15, -0.1) is 0 Å². The number of rotatable bonds is 2. The van der Waals surface area contributed by atoms with Crippen molar-refractivity contribution >= 4 is 15.9 Å². The second-order valence-corrected chi connectivity index (χ2v) is 6.04. The molecule has 0 unspecified atom stereocenters. The molecule has 0 spiro atoms. The van der Waals surface area contributed by atoms with Gasteiger partial charge in [0.1, 0.15) is 5.82 Å². The van der Waals surface area contributed by atoms with E-state index in [1.165, 1.54) is 0 Å². The van der Waals surface area contributed by atoms with Crippen LogP contribution in [-0.2, 0) is 5.41 Å². The fraction of sp³-hybridized carbons (Fsp3) is 0.571. The quantitative estimate of drug-likeness (QED) is 0.878. The lowest BCUT2D eigenvalue weighted by atomic mass is 9.76. The Morgan fingerprint density at radius 3 is 2.47 bits per heavy atom. The van der Waals surface area contributed by atoms with Gasteiger partial charge in [-0.2, -0.15) is 0 Å². The summed E-state index contributed by atoms with van der Waals surface area (Å²) in [5.41, 5.74) is 8.87. The Kier molecular flexibility index (Phi) is 3.60. The first-order chi connectivity index (χ1) is 8.02. The molecule has 0 saturated heterocycles. The van der Waals surface area contributed by atoms with E-state index in [0.717, 1.165) is 42.4 Å². The molecule has 1 saturated carbocycles. The van der Waals surface area contributed by atoms with Crippen LogP contribution in [0.1, 0.15) is 42.4 Å². The maximum absolute atomic E-state index is 14.4. The van der Waals surface area contributed by atoms with Gasteiger partial charge in [0.15, 0.2) is 0 Å². The van der Waals surface area contributed by atoms with E-state index in [-0.39, 0.29) is 11.2 Å². The molecule has 1 fully saturated rings. The van der Waals surface area contributed by atoms with E-state index in [0.29, 0.717) is 11.0 Å². The number of benzene rings is 1. The largest absolute Gasteiger partial charge is 0.330 e. The first-order valence-corrected chi connectivity index (χ1v) is 6.97. The maximum atomic E-state index is 14.4. The molecule has 2 N–H and O–H groups in total. The van der Waals surface area contributed by atoms with E-state index in [4.69, 9.17) is 5.73 Å². The highest BCUT2D eigenvalue weighted by Gasteiger charge is 2.38. The first-order valence-electron chi connectivity index (χ1n) is 6.17. The van der Waals surface area contributed by atoms with Gasteiger partial charge in [0.05, 0.1) is 4.47 Å². The number of nitrogens with two attached hydrogens (primary N) is 1. The summed E-state index contributed by atoms with van der Waals surface area (Å²) in [4.78, 5) is 0. The summed E-state index contributed by atoms with van der Waals surface area (Å²) in [5.74, 6) is -0.111. The average molecular weight is 300 g/mol. The topological polar surface area (TPSA) is 26.0 Å². The Morgan fingerprint density at radius 1 is 1.35 bits per heavy atom. The highest BCUT2D eigenvalue weighted by molar-refractivity contribution is 9.10. The van der Waals surface area contributed by atoms with Crippen molar-refractivity contribution in [1.82, 2.24) is 0 Å². The molecule has 0 aliphatic heterocycles. The second kappa shape index (κ2) is 4.69. The van der Waals surface area contributed by atoms with Crippen LogP contribution in [0, 0.1) is 19.7 Å². The molecule has 0 heterocycles. The summed E-state index contributed by atoms with van der Waals surface area (Å²) in [6.45, 7) is 4.58. The van der Waals surface area contributed by atoms with Gasteiger partial charge in [0, 0.05) is 12.0 Å². The van der Waals surface area contributed by atoms with Gasteiger partial charge >= 0.3 is 0 Å². The summed E-state index contributed by atoms with van der Waals surface area (Å²) in [6.07, 6.45) is 4.33. The van der Waals surface area contributed by atoms with Crippen LogP contribution < -0.4 is 5.73 Å². The molecule has 0 aromatic heterocycles.